The van der Waals surface area contributed by atoms with Gasteiger partial charge in [0.2, 0.25) is 12.7 Å². The van der Waals surface area contributed by atoms with E-state index < -0.39 is 6.04 Å². The first-order valence-electron chi connectivity index (χ1n) is 9.66. The fourth-order valence-electron chi connectivity index (χ4n) is 3.92. The largest absolute Gasteiger partial charge is 0.454 e. The summed E-state index contributed by atoms with van der Waals surface area (Å²) in [5.74, 6) is 1.72. The number of hydrogen-bond acceptors (Lipinski definition) is 6. The second-order valence-electron chi connectivity index (χ2n) is 7.48. The van der Waals surface area contributed by atoms with E-state index in [9.17, 15) is 4.79 Å². The Morgan fingerprint density at radius 1 is 1.13 bits per heavy atom. The number of allylic oxidation sites excluding steroid dienone is 1. The van der Waals surface area contributed by atoms with Gasteiger partial charge in [-0.05, 0) is 50.1 Å². The summed E-state index contributed by atoms with van der Waals surface area (Å²) >= 11 is 0. The zero-order chi connectivity index (χ0) is 20.8. The molecule has 2 aliphatic rings. The van der Waals surface area contributed by atoms with E-state index in [0.29, 0.717) is 23.0 Å². The number of benzene rings is 2. The number of carbonyl (C=O) groups is 1. The molecule has 0 saturated heterocycles. The molecule has 1 aromatic heterocycles. The Hall–Kier alpha value is -3.81. The lowest BCUT2D eigenvalue weighted by Gasteiger charge is -2.29. The molecule has 0 aliphatic carbocycles. The van der Waals surface area contributed by atoms with Crippen LogP contribution in [0.4, 0.5) is 11.6 Å². The molecule has 0 saturated carbocycles. The number of fused-ring (bicyclic) bond motifs is 2. The van der Waals surface area contributed by atoms with Gasteiger partial charge in [-0.2, -0.15) is 10.1 Å². The van der Waals surface area contributed by atoms with Crippen LogP contribution < -0.4 is 20.1 Å². The predicted octanol–water partition coefficient (Wildman–Crippen LogP) is 3.55. The highest BCUT2D eigenvalue weighted by Crippen LogP contribution is 2.40. The summed E-state index contributed by atoms with van der Waals surface area (Å²) in [4.78, 5) is 17.7. The molecule has 8 heteroatoms. The molecule has 2 aliphatic heterocycles. The van der Waals surface area contributed by atoms with Crippen molar-refractivity contribution < 1.29 is 14.3 Å². The third-order valence-electron chi connectivity index (χ3n) is 5.38. The van der Waals surface area contributed by atoms with Crippen molar-refractivity contribution in [1.29, 1.82) is 0 Å². The monoisotopic (exact) mass is 403 g/mol. The van der Waals surface area contributed by atoms with E-state index in [-0.39, 0.29) is 12.7 Å². The molecular weight excluding hydrogens is 382 g/mol. The fraction of sp³-hybridized carbons (Fsp3) is 0.227. The van der Waals surface area contributed by atoms with Crippen molar-refractivity contribution in [3.8, 4) is 11.5 Å². The van der Waals surface area contributed by atoms with Gasteiger partial charge in [-0.15, -0.1) is 0 Å². The van der Waals surface area contributed by atoms with Crippen LogP contribution in [0.25, 0.3) is 0 Å². The van der Waals surface area contributed by atoms with Crippen molar-refractivity contribution in [2.75, 3.05) is 17.4 Å². The van der Waals surface area contributed by atoms with Gasteiger partial charge in [0.05, 0.1) is 5.57 Å². The van der Waals surface area contributed by atoms with Crippen molar-refractivity contribution >= 4 is 17.5 Å². The van der Waals surface area contributed by atoms with Crippen LogP contribution in [0.15, 0.2) is 54.0 Å². The number of ether oxygens (including phenoxy) is 2. The van der Waals surface area contributed by atoms with E-state index >= 15 is 0 Å². The number of amides is 1. The quantitative estimate of drug-likeness (QED) is 0.695. The van der Waals surface area contributed by atoms with Crippen LogP contribution in [0.1, 0.15) is 29.7 Å². The molecule has 2 aromatic carbocycles. The summed E-state index contributed by atoms with van der Waals surface area (Å²) in [6.07, 6.45) is 1.47. The molecule has 0 fully saturated rings. The number of rotatable bonds is 3. The van der Waals surface area contributed by atoms with Crippen LogP contribution in [0.5, 0.6) is 11.5 Å². The van der Waals surface area contributed by atoms with Crippen molar-refractivity contribution in [3.63, 3.8) is 0 Å². The van der Waals surface area contributed by atoms with Crippen LogP contribution in [0.3, 0.4) is 0 Å². The van der Waals surface area contributed by atoms with Gasteiger partial charge in [-0.3, -0.25) is 4.79 Å². The van der Waals surface area contributed by atoms with Crippen molar-refractivity contribution in [2.45, 2.75) is 26.8 Å². The van der Waals surface area contributed by atoms with Gasteiger partial charge >= 0.3 is 0 Å². The maximum atomic E-state index is 13.4. The summed E-state index contributed by atoms with van der Waals surface area (Å²) in [6.45, 7) is 6.07. The first kappa shape index (κ1) is 18.2. The number of aryl methyl sites for hydroxylation is 2. The van der Waals surface area contributed by atoms with Crippen LogP contribution in [0.2, 0.25) is 0 Å². The molecule has 2 N–H and O–H groups in total. The molecule has 5 rings (SSSR count). The summed E-state index contributed by atoms with van der Waals surface area (Å²) in [6, 6.07) is 11.2. The Balaban J connectivity index is 1.57. The Morgan fingerprint density at radius 2 is 1.97 bits per heavy atom. The van der Waals surface area contributed by atoms with Crippen molar-refractivity contribution in [1.82, 2.24) is 14.8 Å². The maximum Gasteiger partial charge on any atom is 0.255 e. The van der Waals surface area contributed by atoms with Gasteiger partial charge in [0.25, 0.3) is 5.91 Å². The molecule has 0 spiro atoms. The van der Waals surface area contributed by atoms with Gasteiger partial charge < -0.3 is 20.1 Å². The number of hydrogen-bond donors (Lipinski definition) is 2. The van der Waals surface area contributed by atoms with Crippen molar-refractivity contribution in [3.05, 3.63) is 70.7 Å². The summed E-state index contributed by atoms with van der Waals surface area (Å²) < 4.78 is 12.7. The zero-order valence-electron chi connectivity index (χ0n) is 16.9. The van der Waals surface area contributed by atoms with Gasteiger partial charge in [0.1, 0.15) is 12.4 Å². The smallest absolute Gasteiger partial charge is 0.255 e. The number of nitrogens with one attached hydrogen (secondary N) is 2. The SMILES string of the molecule is CC1=C(C(=O)Nc2ccc(C)cc2C)[C@H](c2ccc3c(c2)OCO3)n2ncnc2N1. The first-order chi connectivity index (χ1) is 14.5. The topological polar surface area (TPSA) is 90.3 Å². The van der Waals surface area contributed by atoms with Gasteiger partial charge in [0.15, 0.2) is 11.5 Å². The predicted molar refractivity (Wildman–Crippen MR) is 112 cm³/mol. The van der Waals surface area contributed by atoms with E-state index in [1.807, 2.05) is 57.2 Å². The molecule has 8 nitrogen and oxygen atoms in total. The van der Waals surface area contributed by atoms with E-state index in [0.717, 1.165) is 28.1 Å². The van der Waals surface area contributed by atoms with Crippen LogP contribution in [-0.2, 0) is 4.79 Å². The molecule has 0 bridgehead atoms. The summed E-state index contributed by atoms with van der Waals surface area (Å²) in [5.41, 5.74) is 5.07. The minimum Gasteiger partial charge on any atom is -0.454 e. The lowest BCUT2D eigenvalue weighted by Crippen LogP contribution is -2.31. The number of anilines is 2. The second kappa shape index (κ2) is 6.91. The molecule has 0 unspecified atom stereocenters. The standard InChI is InChI=1S/C22H21N5O3/c1-12-4-6-16(13(2)8-12)26-21(28)19-14(3)25-22-23-10-24-27(22)20(19)15-5-7-17-18(9-15)30-11-29-17/h4-10,20H,11H2,1-3H3,(H,26,28)(H,23,24,25)/t20-/m0/s1. The minimum absolute atomic E-state index is 0.189. The van der Waals surface area contributed by atoms with E-state index in [4.69, 9.17) is 9.47 Å². The van der Waals surface area contributed by atoms with Gasteiger partial charge in [0, 0.05) is 11.4 Å². The molecule has 3 aromatic rings. The highest BCUT2D eigenvalue weighted by atomic mass is 16.7. The average molecular weight is 403 g/mol. The normalized spacial score (nSPS) is 16.8. The lowest BCUT2D eigenvalue weighted by atomic mass is 9.94. The van der Waals surface area contributed by atoms with Crippen molar-refractivity contribution in [2.24, 2.45) is 0 Å². The maximum absolute atomic E-state index is 13.4. The van der Waals surface area contributed by atoms with Gasteiger partial charge in [-0.1, -0.05) is 23.8 Å². The number of nitrogens with zero attached hydrogens (tertiary/aromatic N) is 3. The van der Waals surface area contributed by atoms with Crippen LogP contribution >= 0.6 is 0 Å². The fourth-order valence-corrected chi connectivity index (χ4v) is 3.92. The Kier molecular flexibility index (Phi) is 4.20. The molecule has 1 atom stereocenters. The molecule has 30 heavy (non-hydrogen) atoms. The van der Waals surface area contributed by atoms with E-state index in [1.165, 1.54) is 6.33 Å². The molecular formula is C22H21N5O3. The third kappa shape index (κ3) is 2.97. The number of aromatic nitrogens is 3. The first-order valence-corrected chi connectivity index (χ1v) is 9.66. The Labute approximate surface area is 173 Å². The molecule has 3 heterocycles. The number of carbonyl (C=O) groups excluding carboxylic acids is 1. The molecule has 0 radical (unpaired) electrons. The second-order valence-corrected chi connectivity index (χ2v) is 7.48. The molecule has 152 valence electrons. The zero-order valence-corrected chi connectivity index (χ0v) is 16.9. The van der Waals surface area contributed by atoms with Gasteiger partial charge in [-0.25, -0.2) is 4.68 Å². The highest BCUT2D eigenvalue weighted by molar-refractivity contribution is 6.06. The third-order valence-corrected chi connectivity index (χ3v) is 5.38. The van der Waals surface area contributed by atoms with E-state index in [1.54, 1.807) is 4.68 Å². The van der Waals surface area contributed by atoms with Crippen LogP contribution in [-0.4, -0.2) is 27.5 Å². The molecule has 1 amide bonds. The summed E-state index contributed by atoms with van der Waals surface area (Å²) in [7, 11) is 0. The van der Waals surface area contributed by atoms with Crippen LogP contribution in [0, 0.1) is 13.8 Å². The Morgan fingerprint density at radius 3 is 2.80 bits per heavy atom. The highest BCUT2D eigenvalue weighted by Gasteiger charge is 2.34. The minimum atomic E-state index is -0.455. The lowest BCUT2D eigenvalue weighted by molar-refractivity contribution is -0.113. The summed E-state index contributed by atoms with van der Waals surface area (Å²) in [5, 5.41) is 10.6. The Bertz CT molecular complexity index is 1200. The van der Waals surface area contributed by atoms with E-state index in [2.05, 4.69) is 20.7 Å². The average Bonchev–Trinajstić information content (AvgIpc) is 3.37.